The summed E-state index contributed by atoms with van der Waals surface area (Å²) in [6.45, 7) is 3.10. The molecule has 0 bridgehead atoms. The average molecular weight is 536 g/mol. The van der Waals surface area contributed by atoms with Crippen LogP contribution in [0, 0.1) is 0 Å². The Morgan fingerprint density at radius 3 is 2.22 bits per heavy atom. The molecule has 8 rings (SSSR count). The highest BCUT2D eigenvalue weighted by Crippen LogP contribution is 2.33. The fraction of sp³-hybridized carbons (Fsp3) is 0.176. The highest BCUT2D eigenvalue weighted by Gasteiger charge is 2.23. The number of piperidine rings is 1. The zero-order valence-corrected chi connectivity index (χ0v) is 22.6. The summed E-state index contributed by atoms with van der Waals surface area (Å²) in [7, 11) is 0. The van der Waals surface area contributed by atoms with Crippen LogP contribution in [-0.2, 0) is 6.54 Å². The summed E-state index contributed by atoms with van der Waals surface area (Å²) < 4.78 is 0. The Bertz CT molecular complexity index is 1950. The molecule has 4 aromatic carbocycles. The number of hydrogen-bond donors (Lipinski definition) is 2. The van der Waals surface area contributed by atoms with Gasteiger partial charge >= 0.3 is 0 Å². The van der Waals surface area contributed by atoms with Crippen LogP contribution in [0.1, 0.15) is 30.1 Å². The number of aromatic nitrogens is 6. The SMILES string of the molecule is c1ccc(-c2nc3cc4ncnc4cc3[nH]c2-c2ccc(CN3CCC(c4nc5ccccc5[nH]4)CC3)cc2)cc1. The number of rotatable bonds is 5. The van der Waals surface area contributed by atoms with Gasteiger partial charge in [-0.25, -0.2) is 19.9 Å². The van der Waals surface area contributed by atoms with Gasteiger partial charge < -0.3 is 9.97 Å². The van der Waals surface area contributed by atoms with Crippen molar-refractivity contribution in [3.63, 3.8) is 0 Å². The summed E-state index contributed by atoms with van der Waals surface area (Å²) in [4.78, 5) is 28.5. The van der Waals surface area contributed by atoms with E-state index >= 15 is 0 Å². The predicted molar refractivity (Wildman–Crippen MR) is 163 cm³/mol. The van der Waals surface area contributed by atoms with Crippen molar-refractivity contribution in [3.05, 3.63) is 109 Å². The van der Waals surface area contributed by atoms with Crippen molar-refractivity contribution in [2.75, 3.05) is 13.1 Å². The summed E-state index contributed by atoms with van der Waals surface area (Å²) in [6.07, 6.45) is 3.84. The highest BCUT2D eigenvalue weighted by molar-refractivity contribution is 5.94. The van der Waals surface area contributed by atoms with E-state index in [9.17, 15) is 0 Å². The zero-order chi connectivity index (χ0) is 27.2. The minimum Gasteiger partial charge on any atom is -0.351 e. The molecule has 200 valence electrons. The molecular formula is C34H29N7. The van der Waals surface area contributed by atoms with Crippen LogP contribution in [0.3, 0.4) is 0 Å². The lowest BCUT2D eigenvalue weighted by Crippen LogP contribution is -2.32. The summed E-state index contributed by atoms with van der Waals surface area (Å²) >= 11 is 0. The number of nitrogens with one attached hydrogen (secondary N) is 2. The number of aromatic amines is 2. The predicted octanol–water partition coefficient (Wildman–Crippen LogP) is 7.10. The average Bonchev–Trinajstić information content (AvgIpc) is 3.67. The lowest BCUT2D eigenvalue weighted by Gasteiger charge is -2.31. The molecule has 2 N–H and O–H groups in total. The number of fused-ring (bicyclic) bond motifs is 3. The third kappa shape index (κ3) is 4.54. The van der Waals surface area contributed by atoms with E-state index in [0.717, 1.165) is 93.9 Å². The van der Waals surface area contributed by atoms with Gasteiger partial charge in [0.2, 0.25) is 0 Å². The second-order valence-corrected chi connectivity index (χ2v) is 10.9. The number of nitrogens with zero attached hydrogens (tertiary/aromatic N) is 5. The molecule has 1 fully saturated rings. The van der Waals surface area contributed by atoms with Crippen molar-refractivity contribution >= 4 is 33.1 Å². The third-order valence-electron chi connectivity index (χ3n) is 8.29. The maximum absolute atomic E-state index is 5.10. The van der Waals surface area contributed by atoms with E-state index in [1.807, 2.05) is 18.2 Å². The van der Waals surface area contributed by atoms with Crippen LogP contribution < -0.4 is 0 Å². The molecule has 1 aliphatic rings. The number of para-hydroxylation sites is 2. The monoisotopic (exact) mass is 535 g/mol. The second kappa shape index (κ2) is 9.94. The van der Waals surface area contributed by atoms with Crippen LogP contribution in [0.5, 0.6) is 0 Å². The standard InChI is InChI=1S/C34H29N7/c1-2-6-23(7-3-1)32-33(38-31-19-29-28(35-21-36-29)18-30(31)37-32)24-12-10-22(11-13-24)20-41-16-14-25(15-17-41)34-39-26-8-4-5-9-27(26)40-34/h1-13,18-19,21,25,38H,14-17,20H2,(H,39,40). The molecule has 4 heterocycles. The van der Waals surface area contributed by atoms with Crippen molar-refractivity contribution in [3.8, 4) is 22.5 Å². The Hall–Kier alpha value is -4.88. The van der Waals surface area contributed by atoms with Gasteiger partial charge in [-0.05, 0) is 55.8 Å². The number of benzene rings is 4. The van der Waals surface area contributed by atoms with Crippen molar-refractivity contribution in [1.82, 2.24) is 34.8 Å². The van der Waals surface area contributed by atoms with E-state index in [4.69, 9.17) is 9.97 Å². The van der Waals surface area contributed by atoms with Crippen LogP contribution >= 0.6 is 0 Å². The number of imidazole rings is 2. The van der Waals surface area contributed by atoms with Gasteiger partial charge in [0.05, 0.1) is 44.5 Å². The summed E-state index contributed by atoms with van der Waals surface area (Å²) in [5.41, 5.74) is 11.2. The molecule has 0 saturated carbocycles. The first-order valence-electron chi connectivity index (χ1n) is 14.2. The number of H-pyrrole nitrogens is 2. The van der Waals surface area contributed by atoms with Crippen molar-refractivity contribution in [2.24, 2.45) is 0 Å². The van der Waals surface area contributed by atoms with Crippen LogP contribution in [0.25, 0.3) is 55.6 Å². The molecule has 41 heavy (non-hydrogen) atoms. The molecular weight excluding hydrogens is 506 g/mol. The maximum atomic E-state index is 5.10. The molecule has 1 saturated heterocycles. The molecule has 7 heteroatoms. The van der Waals surface area contributed by atoms with Gasteiger partial charge in [-0.3, -0.25) is 4.90 Å². The van der Waals surface area contributed by atoms with Gasteiger partial charge in [-0.15, -0.1) is 0 Å². The van der Waals surface area contributed by atoms with E-state index in [2.05, 4.69) is 97.6 Å². The molecule has 3 aromatic heterocycles. The Morgan fingerprint density at radius 2 is 1.41 bits per heavy atom. The molecule has 0 unspecified atom stereocenters. The van der Waals surface area contributed by atoms with E-state index in [-0.39, 0.29) is 0 Å². The summed E-state index contributed by atoms with van der Waals surface area (Å²) in [6, 6.07) is 31.6. The van der Waals surface area contributed by atoms with Crippen LogP contribution in [-0.4, -0.2) is 47.9 Å². The second-order valence-electron chi connectivity index (χ2n) is 10.9. The largest absolute Gasteiger partial charge is 0.351 e. The Balaban J connectivity index is 1.03. The normalized spacial score (nSPS) is 14.8. The van der Waals surface area contributed by atoms with Crippen molar-refractivity contribution < 1.29 is 0 Å². The Kier molecular flexibility index (Phi) is 5.81. The fourth-order valence-electron chi connectivity index (χ4n) is 6.07. The van der Waals surface area contributed by atoms with Crippen LogP contribution in [0.4, 0.5) is 0 Å². The number of hydrogen-bond acceptors (Lipinski definition) is 5. The zero-order valence-electron chi connectivity index (χ0n) is 22.6. The molecule has 0 radical (unpaired) electrons. The van der Waals surface area contributed by atoms with Crippen LogP contribution in [0.15, 0.2) is 97.3 Å². The molecule has 7 nitrogen and oxygen atoms in total. The lowest BCUT2D eigenvalue weighted by molar-refractivity contribution is 0.202. The van der Waals surface area contributed by atoms with Gasteiger partial charge in [-0.1, -0.05) is 66.7 Å². The Morgan fingerprint density at radius 1 is 0.659 bits per heavy atom. The first kappa shape index (κ1) is 24.0. The van der Waals surface area contributed by atoms with Crippen LogP contribution in [0.2, 0.25) is 0 Å². The van der Waals surface area contributed by atoms with Crippen molar-refractivity contribution in [2.45, 2.75) is 25.3 Å². The smallest absolute Gasteiger partial charge is 0.116 e. The third-order valence-corrected chi connectivity index (χ3v) is 8.29. The first-order valence-corrected chi connectivity index (χ1v) is 14.2. The van der Waals surface area contributed by atoms with E-state index in [1.54, 1.807) is 6.33 Å². The van der Waals surface area contributed by atoms with E-state index < -0.39 is 0 Å². The van der Waals surface area contributed by atoms with E-state index in [0.29, 0.717) is 5.92 Å². The van der Waals surface area contributed by atoms with Gasteiger partial charge in [-0.2, -0.15) is 0 Å². The fourth-order valence-corrected chi connectivity index (χ4v) is 6.07. The summed E-state index contributed by atoms with van der Waals surface area (Å²) in [5.74, 6) is 1.63. The topological polar surface area (TPSA) is 86.4 Å². The molecule has 0 amide bonds. The minimum atomic E-state index is 0.494. The summed E-state index contributed by atoms with van der Waals surface area (Å²) in [5, 5.41) is 0. The quantitative estimate of drug-likeness (QED) is 0.246. The molecule has 0 spiro atoms. The molecule has 7 aromatic rings. The molecule has 0 atom stereocenters. The van der Waals surface area contributed by atoms with Gasteiger partial charge in [0.15, 0.2) is 0 Å². The van der Waals surface area contributed by atoms with E-state index in [1.165, 1.54) is 5.56 Å². The van der Waals surface area contributed by atoms with Gasteiger partial charge in [0.1, 0.15) is 12.2 Å². The first-order chi connectivity index (χ1) is 20.3. The Labute approximate surface area is 237 Å². The minimum absolute atomic E-state index is 0.494. The lowest BCUT2D eigenvalue weighted by atomic mass is 9.95. The van der Waals surface area contributed by atoms with Crippen molar-refractivity contribution in [1.29, 1.82) is 0 Å². The van der Waals surface area contributed by atoms with Gasteiger partial charge in [0, 0.05) is 23.6 Å². The molecule has 0 aliphatic carbocycles. The molecule has 1 aliphatic heterocycles. The highest BCUT2D eigenvalue weighted by atomic mass is 15.1. The maximum Gasteiger partial charge on any atom is 0.116 e. The van der Waals surface area contributed by atoms with Gasteiger partial charge in [0.25, 0.3) is 0 Å². The number of likely N-dealkylation sites (tertiary alicyclic amines) is 1.